The number of rotatable bonds is 4. The smallest absolute Gasteiger partial charge is 0.251 e. The van der Waals surface area contributed by atoms with Crippen molar-refractivity contribution in [1.82, 2.24) is 9.34 Å². The summed E-state index contributed by atoms with van der Waals surface area (Å²) in [7, 11) is -2.16. The summed E-state index contributed by atoms with van der Waals surface area (Å²) in [5, 5.41) is 4.86. The van der Waals surface area contributed by atoms with Crippen LogP contribution >= 0.6 is 8.10 Å². The van der Waals surface area contributed by atoms with Gasteiger partial charge in [-0.05, 0) is 46.5 Å². The van der Waals surface area contributed by atoms with Gasteiger partial charge in [-0.25, -0.2) is 0 Å². The lowest BCUT2D eigenvalue weighted by Crippen LogP contribution is -2.17. The number of benzene rings is 4. The summed E-state index contributed by atoms with van der Waals surface area (Å²) in [6.45, 7) is 4.28. The minimum atomic E-state index is -2.16. The van der Waals surface area contributed by atoms with Gasteiger partial charge in [0.05, 0.1) is 12.1 Å². The molecule has 1 aliphatic heterocycles. The average molecular weight is 412 g/mol. The fourth-order valence-corrected chi connectivity index (χ4v) is 6.12. The highest BCUT2D eigenvalue weighted by atomic mass is 31.1. The van der Waals surface area contributed by atoms with E-state index in [0.717, 1.165) is 0 Å². The molecule has 0 aliphatic carbocycles. The summed E-state index contributed by atoms with van der Waals surface area (Å²) in [4.78, 5) is 0. The minimum Gasteiger partial charge on any atom is -0.307 e. The van der Waals surface area contributed by atoms with Crippen LogP contribution in [0.4, 0.5) is 0 Å². The van der Waals surface area contributed by atoms with Crippen molar-refractivity contribution in [3.8, 4) is 0 Å². The van der Waals surface area contributed by atoms with E-state index in [4.69, 9.17) is 0 Å². The molecule has 0 bridgehead atoms. The fourth-order valence-electron chi connectivity index (χ4n) is 4.52. The van der Waals surface area contributed by atoms with Gasteiger partial charge in [0.15, 0.2) is 0 Å². The van der Waals surface area contributed by atoms with Gasteiger partial charge >= 0.3 is 0 Å². The first-order valence-electron chi connectivity index (χ1n) is 10.4. The average Bonchev–Trinajstić information content (AvgIpc) is 3.18. The second kappa shape index (κ2) is 7.66. The topological polar surface area (TPSA) is 23.6 Å². The van der Waals surface area contributed by atoms with Crippen molar-refractivity contribution in [3.63, 3.8) is 0 Å². The van der Waals surface area contributed by atoms with Crippen molar-refractivity contribution in [1.29, 1.82) is 0 Å². The molecule has 4 aromatic rings. The molecule has 0 amide bonds. The molecule has 3 nitrogen and oxygen atoms in total. The number of hydrogen-bond acceptors (Lipinski definition) is 1. The van der Waals surface area contributed by atoms with Crippen LogP contribution < -0.4 is 0 Å². The molecule has 1 aliphatic rings. The lowest BCUT2D eigenvalue weighted by Gasteiger charge is -2.31. The number of hydrogen-bond donors (Lipinski definition) is 0. The zero-order valence-electron chi connectivity index (χ0n) is 17.2. The quantitative estimate of drug-likeness (QED) is 0.329. The Kier molecular flexibility index (Phi) is 4.84. The largest absolute Gasteiger partial charge is 0.307 e. The third kappa shape index (κ3) is 3.11. The van der Waals surface area contributed by atoms with Crippen LogP contribution in [0.15, 0.2) is 97.3 Å². The van der Waals surface area contributed by atoms with Crippen LogP contribution in [0.3, 0.4) is 0 Å². The molecule has 0 spiro atoms. The SMILES string of the molecule is C[C@@H](c1cccc2ccccc12)N1C=CN([C@@H](C)c2cccc3ccccc23)[PH]1=O. The molecule has 4 heteroatoms. The predicted molar refractivity (Wildman–Crippen MR) is 127 cm³/mol. The van der Waals surface area contributed by atoms with E-state index in [9.17, 15) is 4.57 Å². The molecule has 0 unspecified atom stereocenters. The van der Waals surface area contributed by atoms with Crippen LogP contribution in [0.1, 0.15) is 37.1 Å². The number of nitrogens with zero attached hydrogens (tertiary/aromatic N) is 2. The molecule has 0 radical (unpaired) electrons. The first-order valence-corrected chi connectivity index (χ1v) is 11.7. The summed E-state index contributed by atoms with van der Waals surface area (Å²) >= 11 is 0. The summed E-state index contributed by atoms with van der Waals surface area (Å²) < 4.78 is 17.6. The molecule has 1 heterocycles. The molecule has 30 heavy (non-hydrogen) atoms. The predicted octanol–water partition coefficient (Wildman–Crippen LogP) is 7.29. The van der Waals surface area contributed by atoms with Crippen LogP contribution in [0.25, 0.3) is 21.5 Å². The Morgan fingerprint density at radius 3 is 1.47 bits per heavy atom. The Labute approximate surface area is 178 Å². The van der Waals surface area contributed by atoms with E-state index in [1.807, 2.05) is 21.7 Å². The van der Waals surface area contributed by atoms with Gasteiger partial charge in [0.1, 0.15) is 0 Å². The molecule has 0 saturated carbocycles. The van der Waals surface area contributed by atoms with Gasteiger partial charge in [0.2, 0.25) is 0 Å². The van der Waals surface area contributed by atoms with Gasteiger partial charge in [-0.2, -0.15) is 0 Å². The molecule has 0 aromatic heterocycles. The molecule has 2 atom stereocenters. The van der Waals surface area contributed by atoms with Crippen molar-refractivity contribution in [2.75, 3.05) is 0 Å². The summed E-state index contributed by atoms with van der Waals surface area (Å²) in [5.41, 5.74) is 2.41. The van der Waals surface area contributed by atoms with Crippen LogP contribution in [0, 0.1) is 0 Å². The minimum absolute atomic E-state index is 0.0310. The van der Waals surface area contributed by atoms with Crippen molar-refractivity contribution in [2.24, 2.45) is 0 Å². The molecular formula is C26H25N2OP. The first-order chi connectivity index (χ1) is 14.6. The van der Waals surface area contributed by atoms with Crippen LogP contribution in [-0.4, -0.2) is 9.34 Å². The van der Waals surface area contributed by atoms with Crippen LogP contribution in [0.5, 0.6) is 0 Å². The Morgan fingerprint density at radius 1 is 0.600 bits per heavy atom. The fraction of sp³-hybridized carbons (Fsp3) is 0.154. The van der Waals surface area contributed by atoms with E-state index in [1.165, 1.54) is 32.7 Å². The Bertz CT molecular complexity index is 1170. The van der Waals surface area contributed by atoms with Gasteiger partial charge in [0.25, 0.3) is 8.10 Å². The van der Waals surface area contributed by atoms with Gasteiger partial charge in [-0.1, -0.05) is 84.9 Å². The van der Waals surface area contributed by atoms with E-state index in [0.29, 0.717) is 0 Å². The van der Waals surface area contributed by atoms with Gasteiger partial charge in [-0.3, -0.25) is 4.57 Å². The standard InChI is InChI=1S/C26H25N2OP/c1-19(23-15-7-11-21-9-3-5-13-25(21)23)27-17-18-28(30(27)29)20(2)24-16-8-12-22-10-4-6-14-26(22)24/h3-20,30H,1-2H3/t19-,20-/m0/s1. The zero-order chi connectivity index (χ0) is 20.7. The summed E-state index contributed by atoms with van der Waals surface area (Å²) in [6.07, 6.45) is 3.99. The molecule has 4 aromatic carbocycles. The van der Waals surface area contributed by atoms with E-state index in [2.05, 4.69) is 98.8 Å². The lowest BCUT2D eigenvalue weighted by atomic mass is 10.00. The molecule has 5 rings (SSSR count). The van der Waals surface area contributed by atoms with E-state index >= 15 is 0 Å². The van der Waals surface area contributed by atoms with Gasteiger partial charge in [-0.15, -0.1) is 0 Å². The zero-order valence-corrected chi connectivity index (χ0v) is 18.2. The summed E-state index contributed by atoms with van der Waals surface area (Å²) in [5.74, 6) is 0. The van der Waals surface area contributed by atoms with Crippen LogP contribution in [-0.2, 0) is 4.57 Å². The Morgan fingerprint density at radius 2 is 1.00 bits per heavy atom. The highest BCUT2D eigenvalue weighted by Gasteiger charge is 2.30. The molecular weight excluding hydrogens is 387 g/mol. The molecule has 150 valence electrons. The van der Waals surface area contributed by atoms with E-state index < -0.39 is 8.10 Å². The van der Waals surface area contributed by atoms with Gasteiger partial charge in [0, 0.05) is 12.4 Å². The van der Waals surface area contributed by atoms with E-state index in [1.54, 1.807) is 0 Å². The highest BCUT2D eigenvalue weighted by molar-refractivity contribution is 7.39. The second-order valence-corrected chi connectivity index (χ2v) is 9.48. The third-order valence-corrected chi connectivity index (χ3v) is 8.17. The molecule has 0 fully saturated rings. The molecule has 0 saturated heterocycles. The maximum absolute atomic E-state index is 13.6. The molecule has 0 N–H and O–H groups in total. The van der Waals surface area contributed by atoms with Crippen molar-refractivity contribution in [2.45, 2.75) is 25.9 Å². The third-order valence-electron chi connectivity index (χ3n) is 6.21. The first kappa shape index (κ1) is 19.0. The lowest BCUT2D eigenvalue weighted by molar-refractivity contribution is 0.404. The maximum Gasteiger partial charge on any atom is 0.251 e. The van der Waals surface area contributed by atoms with Gasteiger partial charge < -0.3 is 9.34 Å². The second-order valence-electron chi connectivity index (χ2n) is 7.88. The summed E-state index contributed by atoms with van der Waals surface area (Å²) in [6, 6.07) is 29.6. The highest BCUT2D eigenvalue weighted by Crippen LogP contribution is 2.50. The maximum atomic E-state index is 13.6. The van der Waals surface area contributed by atoms with E-state index in [-0.39, 0.29) is 12.1 Å². The Hall–Kier alpha value is -3.03. The van der Waals surface area contributed by atoms with Crippen molar-refractivity contribution in [3.05, 3.63) is 108 Å². The monoisotopic (exact) mass is 412 g/mol. The Balaban J connectivity index is 1.46. The van der Waals surface area contributed by atoms with Crippen molar-refractivity contribution >= 4 is 29.6 Å². The number of fused-ring (bicyclic) bond motifs is 2. The normalized spacial score (nSPS) is 16.5. The van der Waals surface area contributed by atoms with Crippen molar-refractivity contribution < 1.29 is 4.57 Å². The van der Waals surface area contributed by atoms with Crippen LogP contribution in [0.2, 0.25) is 0 Å².